The molecule has 4 nitrogen and oxygen atoms in total. The van der Waals surface area contributed by atoms with E-state index in [9.17, 15) is 9.59 Å². The fourth-order valence-corrected chi connectivity index (χ4v) is 3.13. The summed E-state index contributed by atoms with van der Waals surface area (Å²) in [6, 6.07) is 24.0. The van der Waals surface area contributed by atoms with Gasteiger partial charge >= 0.3 is 0 Å². The van der Waals surface area contributed by atoms with Gasteiger partial charge in [0.1, 0.15) is 5.57 Å². The molecular formula is C24H20Cl2N2O2. The lowest BCUT2D eigenvalue weighted by Gasteiger charge is -2.11. The number of amides is 2. The van der Waals surface area contributed by atoms with E-state index in [1.54, 1.807) is 18.2 Å². The smallest absolute Gasteiger partial charge is 0.257 e. The van der Waals surface area contributed by atoms with Crippen molar-refractivity contribution in [1.29, 1.82) is 0 Å². The Kier molecular flexibility index (Phi) is 7.66. The average molecular weight is 439 g/mol. The number of halogens is 2. The Morgan fingerprint density at radius 3 is 1.70 bits per heavy atom. The highest BCUT2D eigenvalue weighted by molar-refractivity contribution is 6.43. The first-order chi connectivity index (χ1) is 14.5. The fraction of sp³-hybridized carbons (Fsp3) is 0.0833. The van der Waals surface area contributed by atoms with Crippen LogP contribution in [0, 0.1) is 0 Å². The van der Waals surface area contributed by atoms with Crippen LogP contribution in [-0.2, 0) is 22.7 Å². The van der Waals surface area contributed by atoms with Gasteiger partial charge in [0.15, 0.2) is 0 Å². The van der Waals surface area contributed by atoms with Gasteiger partial charge in [-0.25, -0.2) is 0 Å². The van der Waals surface area contributed by atoms with Gasteiger partial charge in [-0.2, -0.15) is 0 Å². The Hall–Kier alpha value is -3.08. The summed E-state index contributed by atoms with van der Waals surface area (Å²) in [5, 5.41) is 6.20. The SMILES string of the molecule is O=C(NCc1ccccc1)C(=Cc1cccc(Cl)c1Cl)C(=O)NCc1ccccc1. The van der Waals surface area contributed by atoms with E-state index in [0.717, 1.165) is 11.1 Å². The van der Waals surface area contributed by atoms with Gasteiger partial charge in [-0.3, -0.25) is 9.59 Å². The van der Waals surface area contributed by atoms with Crippen molar-refractivity contribution >= 4 is 41.1 Å². The van der Waals surface area contributed by atoms with Crippen LogP contribution in [-0.4, -0.2) is 11.8 Å². The van der Waals surface area contributed by atoms with E-state index in [2.05, 4.69) is 10.6 Å². The van der Waals surface area contributed by atoms with Crippen LogP contribution >= 0.6 is 23.2 Å². The van der Waals surface area contributed by atoms with E-state index in [0.29, 0.717) is 23.7 Å². The van der Waals surface area contributed by atoms with Crippen LogP contribution in [0.3, 0.4) is 0 Å². The number of hydrogen-bond acceptors (Lipinski definition) is 2. The van der Waals surface area contributed by atoms with Crippen molar-refractivity contribution in [2.24, 2.45) is 0 Å². The van der Waals surface area contributed by atoms with Crippen molar-refractivity contribution in [3.05, 3.63) is 111 Å². The molecule has 0 spiro atoms. The minimum atomic E-state index is -0.500. The molecule has 3 aromatic carbocycles. The molecule has 0 bridgehead atoms. The molecule has 0 aliphatic rings. The topological polar surface area (TPSA) is 58.2 Å². The highest BCUT2D eigenvalue weighted by Gasteiger charge is 2.19. The van der Waals surface area contributed by atoms with Crippen LogP contribution in [0.5, 0.6) is 0 Å². The number of hydrogen-bond donors (Lipinski definition) is 2. The van der Waals surface area contributed by atoms with Gasteiger partial charge in [-0.1, -0.05) is 96.0 Å². The summed E-state index contributed by atoms with van der Waals surface area (Å²) >= 11 is 12.3. The third-order valence-electron chi connectivity index (χ3n) is 4.36. The van der Waals surface area contributed by atoms with Gasteiger partial charge in [-0.05, 0) is 28.8 Å². The van der Waals surface area contributed by atoms with Crippen molar-refractivity contribution < 1.29 is 9.59 Å². The van der Waals surface area contributed by atoms with E-state index >= 15 is 0 Å². The maximum absolute atomic E-state index is 12.9. The van der Waals surface area contributed by atoms with Gasteiger partial charge in [0.2, 0.25) is 0 Å². The van der Waals surface area contributed by atoms with Gasteiger partial charge in [0.25, 0.3) is 11.8 Å². The van der Waals surface area contributed by atoms with Crippen LogP contribution < -0.4 is 10.6 Å². The highest BCUT2D eigenvalue weighted by Crippen LogP contribution is 2.27. The molecule has 0 heterocycles. The predicted molar refractivity (Wildman–Crippen MR) is 121 cm³/mol. The van der Waals surface area contributed by atoms with E-state index in [-0.39, 0.29) is 10.6 Å². The van der Waals surface area contributed by atoms with Crippen LogP contribution in [0.15, 0.2) is 84.4 Å². The summed E-state index contributed by atoms with van der Waals surface area (Å²) in [5.41, 5.74) is 2.29. The number of carbonyl (C=O) groups is 2. The van der Waals surface area contributed by atoms with Crippen molar-refractivity contribution in [2.75, 3.05) is 0 Å². The second-order valence-corrected chi connectivity index (χ2v) is 7.32. The monoisotopic (exact) mass is 438 g/mol. The largest absolute Gasteiger partial charge is 0.348 e. The molecule has 0 unspecified atom stereocenters. The molecule has 0 aromatic heterocycles. The van der Waals surface area contributed by atoms with E-state index < -0.39 is 11.8 Å². The molecule has 30 heavy (non-hydrogen) atoms. The Morgan fingerprint density at radius 1 is 0.700 bits per heavy atom. The van der Waals surface area contributed by atoms with Gasteiger partial charge < -0.3 is 10.6 Å². The second-order valence-electron chi connectivity index (χ2n) is 6.54. The quantitative estimate of drug-likeness (QED) is 0.309. The van der Waals surface area contributed by atoms with Gasteiger partial charge in [0, 0.05) is 13.1 Å². The molecule has 0 atom stereocenters. The van der Waals surface area contributed by atoms with Crippen LogP contribution in [0.2, 0.25) is 10.0 Å². The average Bonchev–Trinajstić information content (AvgIpc) is 2.78. The third-order valence-corrected chi connectivity index (χ3v) is 5.20. The first-order valence-electron chi connectivity index (χ1n) is 9.34. The maximum Gasteiger partial charge on any atom is 0.257 e. The molecule has 0 saturated heterocycles. The zero-order valence-corrected chi connectivity index (χ0v) is 17.6. The van der Waals surface area contributed by atoms with Crippen molar-refractivity contribution in [2.45, 2.75) is 13.1 Å². The maximum atomic E-state index is 12.9. The standard InChI is InChI=1S/C24H20Cl2N2O2/c25-21-13-7-12-19(22(21)26)14-20(23(29)27-15-17-8-3-1-4-9-17)24(30)28-16-18-10-5-2-6-11-18/h1-14H,15-16H2,(H,27,29)(H,28,30). The van der Waals surface area contributed by atoms with Crippen molar-refractivity contribution in [3.8, 4) is 0 Å². The predicted octanol–water partition coefficient (Wildman–Crippen LogP) is 5.01. The summed E-state index contributed by atoms with van der Waals surface area (Å²) in [4.78, 5) is 25.7. The lowest BCUT2D eigenvalue weighted by atomic mass is 10.1. The van der Waals surface area contributed by atoms with Gasteiger partial charge in [0.05, 0.1) is 10.0 Å². The summed E-state index contributed by atoms with van der Waals surface area (Å²) in [7, 11) is 0. The molecule has 6 heteroatoms. The molecule has 3 aromatic rings. The minimum Gasteiger partial charge on any atom is -0.348 e. The summed E-state index contributed by atoms with van der Waals surface area (Å²) < 4.78 is 0. The zero-order valence-electron chi connectivity index (χ0n) is 16.1. The molecule has 152 valence electrons. The Balaban J connectivity index is 1.81. The summed E-state index contributed by atoms with van der Waals surface area (Å²) in [6.45, 7) is 0.596. The van der Waals surface area contributed by atoms with E-state index in [1.807, 2.05) is 60.7 Å². The van der Waals surface area contributed by atoms with E-state index in [4.69, 9.17) is 23.2 Å². The number of nitrogens with one attached hydrogen (secondary N) is 2. The molecule has 0 fully saturated rings. The lowest BCUT2D eigenvalue weighted by molar-refractivity contribution is -0.123. The highest BCUT2D eigenvalue weighted by atomic mass is 35.5. The zero-order chi connectivity index (χ0) is 21.3. The molecule has 0 saturated carbocycles. The molecular weight excluding hydrogens is 419 g/mol. The molecule has 2 amide bonds. The van der Waals surface area contributed by atoms with Crippen LogP contribution in [0.25, 0.3) is 6.08 Å². The minimum absolute atomic E-state index is 0.0500. The van der Waals surface area contributed by atoms with Crippen molar-refractivity contribution in [1.82, 2.24) is 10.6 Å². The molecule has 0 radical (unpaired) electrons. The number of benzene rings is 3. The third kappa shape index (κ3) is 5.96. The molecule has 2 N–H and O–H groups in total. The number of carbonyl (C=O) groups excluding carboxylic acids is 2. The number of rotatable bonds is 7. The normalized spacial score (nSPS) is 10.2. The molecule has 0 aliphatic heterocycles. The van der Waals surface area contributed by atoms with Crippen molar-refractivity contribution in [3.63, 3.8) is 0 Å². The van der Waals surface area contributed by atoms with E-state index in [1.165, 1.54) is 6.08 Å². The molecule has 3 rings (SSSR count). The van der Waals surface area contributed by atoms with Crippen LogP contribution in [0.4, 0.5) is 0 Å². The Bertz CT molecular complexity index is 994. The Labute approximate surface area is 185 Å². The molecule has 0 aliphatic carbocycles. The lowest BCUT2D eigenvalue weighted by Crippen LogP contribution is -2.34. The first kappa shape index (κ1) is 21.6. The Morgan fingerprint density at radius 2 is 1.20 bits per heavy atom. The summed E-state index contributed by atoms with van der Waals surface area (Å²) in [6.07, 6.45) is 1.45. The van der Waals surface area contributed by atoms with Gasteiger partial charge in [-0.15, -0.1) is 0 Å². The second kappa shape index (κ2) is 10.6. The van der Waals surface area contributed by atoms with Crippen LogP contribution in [0.1, 0.15) is 16.7 Å². The summed E-state index contributed by atoms with van der Waals surface area (Å²) in [5.74, 6) is -0.999. The first-order valence-corrected chi connectivity index (χ1v) is 10.1. The fourth-order valence-electron chi connectivity index (χ4n) is 2.77.